The lowest BCUT2D eigenvalue weighted by atomic mass is 10.1. The molecule has 0 aromatic carbocycles. The van der Waals surface area contributed by atoms with Crippen LogP contribution >= 0.6 is 0 Å². The van der Waals surface area contributed by atoms with Gasteiger partial charge in [-0.2, -0.15) is 0 Å². The Labute approximate surface area is 96.2 Å². The first-order valence-corrected chi connectivity index (χ1v) is 6.34. The van der Waals surface area contributed by atoms with Gasteiger partial charge in [-0.1, -0.05) is 20.8 Å². The molecule has 0 aromatic rings. The molecule has 0 aliphatic rings. The molecule has 0 aromatic heterocycles. The van der Waals surface area contributed by atoms with Gasteiger partial charge in [0.15, 0.2) is 0 Å². The molecule has 0 aliphatic heterocycles. The largest absolute Gasteiger partial charge is 0.373 e. The summed E-state index contributed by atoms with van der Waals surface area (Å²) in [6, 6.07) is 0. The molecule has 0 rings (SSSR count). The van der Waals surface area contributed by atoms with Gasteiger partial charge in [-0.3, -0.25) is 0 Å². The van der Waals surface area contributed by atoms with Gasteiger partial charge in [0.2, 0.25) is 0 Å². The first-order chi connectivity index (χ1) is 6.91. The van der Waals surface area contributed by atoms with E-state index >= 15 is 0 Å². The summed E-state index contributed by atoms with van der Waals surface area (Å²) < 4.78 is 6.80. The standard InChI is InChI=1S/C13H30NO/c1-7-12(3)11-14(5,6)9-10-15-13(4)8-2/h12-13H,7-11H2,1-6H3/q+1. The van der Waals surface area contributed by atoms with Crippen molar-refractivity contribution in [1.29, 1.82) is 0 Å². The Balaban J connectivity index is 3.73. The molecule has 2 atom stereocenters. The predicted molar refractivity (Wildman–Crippen MR) is 67.0 cm³/mol. The maximum absolute atomic E-state index is 5.73. The summed E-state index contributed by atoms with van der Waals surface area (Å²) in [5.41, 5.74) is 0. The smallest absolute Gasteiger partial charge is 0.102 e. The number of quaternary nitrogens is 1. The van der Waals surface area contributed by atoms with Crippen molar-refractivity contribution < 1.29 is 9.22 Å². The molecular formula is C13H30NO+. The van der Waals surface area contributed by atoms with Gasteiger partial charge < -0.3 is 9.22 Å². The molecule has 0 aliphatic carbocycles. The number of nitrogens with zero attached hydrogens (tertiary/aromatic N) is 1. The van der Waals surface area contributed by atoms with E-state index < -0.39 is 0 Å². The zero-order chi connectivity index (χ0) is 11.9. The van der Waals surface area contributed by atoms with Gasteiger partial charge in [-0.05, 0) is 19.8 Å². The van der Waals surface area contributed by atoms with Crippen LogP contribution in [0.2, 0.25) is 0 Å². The van der Waals surface area contributed by atoms with Gasteiger partial charge in [-0.25, -0.2) is 0 Å². The molecule has 0 amide bonds. The van der Waals surface area contributed by atoms with Crippen molar-refractivity contribution in [2.75, 3.05) is 33.8 Å². The Bertz CT molecular complexity index is 157. The summed E-state index contributed by atoms with van der Waals surface area (Å²) in [6.45, 7) is 12.2. The number of hydrogen-bond acceptors (Lipinski definition) is 1. The molecule has 92 valence electrons. The van der Waals surface area contributed by atoms with E-state index in [1.54, 1.807) is 0 Å². The maximum atomic E-state index is 5.73. The number of ether oxygens (including phenoxy) is 1. The predicted octanol–water partition coefficient (Wildman–Crippen LogP) is 2.92. The van der Waals surface area contributed by atoms with Gasteiger partial charge in [0.05, 0.1) is 33.4 Å². The van der Waals surface area contributed by atoms with Gasteiger partial charge in [0.25, 0.3) is 0 Å². The Morgan fingerprint density at radius 2 is 1.67 bits per heavy atom. The Morgan fingerprint density at radius 3 is 2.13 bits per heavy atom. The van der Waals surface area contributed by atoms with Crippen LogP contribution < -0.4 is 0 Å². The van der Waals surface area contributed by atoms with Crippen LogP contribution in [0.1, 0.15) is 40.5 Å². The fraction of sp³-hybridized carbons (Fsp3) is 1.00. The lowest BCUT2D eigenvalue weighted by Crippen LogP contribution is -2.45. The summed E-state index contributed by atoms with van der Waals surface area (Å²) in [4.78, 5) is 0. The molecule has 15 heavy (non-hydrogen) atoms. The highest BCUT2D eigenvalue weighted by Gasteiger charge is 2.18. The highest BCUT2D eigenvalue weighted by Crippen LogP contribution is 2.08. The fourth-order valence-electron chi connectivity index (χ4n) is 1.68. The number of rotatable bonds is 8. The number of likely N-dealkylation sites (N-methyl/N-ethyl adjacent to an activating group) is 1. The SMILES string of the molecule is CCC(C)C[N+](C)(C)CCOC(C)CC. The van der Waals surface area contributed by atoms with E-state index in [1.165, 1.54) is 13.0 Å². The Morgan fingerprint density at radius 1 is 1.07 bits per heavy atom. The minimum Gasteiger partial charge on any atom is -0.373 e. The van der Waals surface area contributed by atoms with Crippen molar-refractivity contribution in [3.63, 3.8) is 0 Å². The summed E-state index contributed by atoms with van der Waals surface area (Å²) in [6.07, 6.45) is 2.79. The minimum absolute atomic E-state index is 0.411. The van der Waals surface area contributed by atoms with E-state index in [4.69, 9.17) is 4.74 Å². The first-order valence-electron chi connectivity index (χ1n) is 6.34. The van der Waals surface area contributed by atoms with Crippen LogP contribution in [-0.2, 0) is 4.74 Å². The van der Waals surface area contributed by atoms with Crippen molar-refractivity contribution in [3.8, 4) is 0 Å². The topological polar surface area (TPSA) is 9.23 Å². The average molecular weight is 216 g/mol. The Kier molecular flexibility index (Phi) is 7.20. The second-order valence-corrected chi connectivity index (χ2v) is 5.44. The second kappa shape index (κ2) is 7.24. The van der Waals surface area contributed by atoms with E-state index in [2.05, 4.69) is 41.8 Å². The second-order valence-electron chi connectivity index (χ2n) is 5.44. The molecule has 0 saturated carbocycles. The van der Waals surface area contributed by atoms with Crippen LogP contribution in [0.4, 0.5) is 0 Å². The highest BCUT2D eigenvalue weighted by molar-refractivity contribution is 4.49. The van der Waals surface area contributed by atoms with Crippen molar-refractivity contribution in [3.05, 3.63) is 0 Å². The molecule has 0 saturated heterocycles. The van der Waals surface area contributed by atoms with Crippen LogP contribution in [0.5, 0.6) is 0 Å². The third-order valence-corrected chi connectivity index (χ3v) is 3.18. The lowest BCUT2D eigenvalue weighted by molar-refractivity contribution is -0.894. The molecule has 0 fully saturated rings. The maximum Gasteiger partial charge on any atom is 0.102 e. The first kappa shape index (κ1) is 14.9. The summed E-state index contributed by atoms with van der Waals surface area (Å²) in [5, 5.41) is 0. The van der Waals surface area contributed by atoms with Gasteiger partial charge in [0.1, 0.15) is 6.54 Å². The van der Waals surface area contributed by atoms with Gasteiger partial charge in [-0.15, -0.1) is 0 Å². The molecule has 0 N–H and O–H groups in total. The molecule has 0 heterocycles. The van der Waals surface area contributed by atoms with E-state index in [9.17, 15) is 0 Å². The summed E-state index contributed by atoms with van der Waals surface area (Å²) in [7, 11) is 4.60. The lowest BCUT2D eigenvalue weighted by Gasteiger charge is -2.32. The van der Waals surface area contributed by atoms with E-state index in [0.717, 1.165) is 30.0 Å². The van der Waals surface area contributed by atoms with Gasteiger partial charge in [0, 0.05) is 5.92 Å². The van der Waals surface area contributed by atoms with Crippen molar-refractivity contribution >= 4 is 0 Å². The zero-order valence-electron chi connectivity index (χ0n) is 11.5. The Hall–Kier alpha value is -0.0800. The van der Waals surface area contributed by atoms with Crippen LogP contribution in [0.15, 0.2) is 0 Å². The van der Waals surface area contributed by atoms with Crippen molar-refractivity contribution in [2.45, 2.75) is 46.6 Å². The van der Waals surface area contributed by atoms with Crippen LogP contribution in [0, 0.1) is 5.92 Å². The quantitative estimate of drug-likeness (QED) is 0.567. The summed E-state index contributed by atoms with van der Waals surface area (Å²) in [5.74, 6) is 0.809. The fourth-order valence-corrected chi connectivity index (χ4v) is 1.68. The van der Waals surface area contributed by atoms with Crippen LogP contribution in [0.25, 0.3) is 0 Å². The highest BCUT2D eigenvalue weighted by atomic mass is 16.5. The number of hydrogen-bond donors (Lipinski definition) is 0. The monoisotopic (exact) mass is 216 g/mol. The molecule has 2 unspecified atom stereocenters. The van der Waals surface area contributed by atoms with Crippen molar-refractivity contribution in [1.82, 2.24) is 0 Å². The molecule has 0 bridgehead atoms. The third-order valence-electron chi connectivity index (χ3n) is 3.18. The molecule has 2 nitrogen and oxygen atoms in total. The molecular weight excluding hydrogens is 186 g/mol. The zero-order valence-corrected chi connectivity index (χ0v) is 11.5. The molecule has 2 heteroatoms. The minimum atomic E-state index is 0.411. The van der Waals surface area contributed by atoms with Gasteiger partial charge >= 0.3 is 0 Å². The van der Waals surface area contributed by atoms with E-state index in [-0.39, 0.29) is 0 Å². The van der Waals surface area contributed by atoms with Crippen molar-refractivity contribution in [2.24, 2.45) is 5.92 Å². The molecule has 0 spiro atoms. The summed E-state index contributed by atoms with van der Waals surface area (Å²) >= 11 is 0. The normalized spacial score (nSPS) is 16.4. The third kappa shape index (κ3) is 7.80. The molecule has 0 radical (unpaired) electrons. The average Bonchev–Trinajstić information content (AvgIpc) is 2.16. The van der Waals surface area contributed by atoms with Crippen LogP contribution in [-0.4, -0.2) is 44.4 Å². The van der Waals surface area contributed by atoms with Crippen LogP contribution in [0.3, 0.4) is 0 Å². The van der Waals surface area contributed by atoms with E-state index in [1.807, 2.05) is 0 Å². The van der Waals surface area contributed by atoms with E-state index in [0.29, 0.717) is 6.10 Å².